The van der Waals surface area contributed by atoms with Crippen molar-refractivity contribution in [3.63, 3.8) is 0 Å². The molecule has 43 heavy (non-hydrogen) atoms. The van der Waals surface area contributed by atoms with Gasteiger partial charge >= 0.3 is 5.69 Å². The van der Waals surface area contributed by atoms with Gasteiger partial charge in [-0.3, -0.25) is 18.8 Å². The summed E-state index contributed by atoms with van der Waals surface area (Å²) in [4.78, 5) is 35.7. The van der Waals surface area contributed by atoms with Gasteiger partial charge in [-0.25, -0.2) is 14.2 Å². The summed E-state index contributed by atoms with van der Waals surface area (Å²) in [5.74, 6) is 1.05. The summed E-state index contributed by atoms with van der Waals surface area (Å²) >= 11 is 0. The molecule has 1 atom stereocenters. The molecule has 1 amide bonds. The van der Waals surface area contributed by atoms with Gasteiger partial charge in [0.15, 0.2) is 0 Å². The molecule has 2 N–H and O–H groups in total. The third kappa shape index (κ3) is 6.15. The highest BCUT2D eigenvalue weighted by molar-refractivity contribution is 5.79. The van der Waals surface area contributed by atoms with Gasteiger partial charge in [-0.05, 0) is 99.8 Å². The van der Waals surface area contributed by atoms with E-state index in [2.05, 4.69) is 16.8 Å². The molecule has 0 spiro atoms. The van der Waals surface area contributed by atoms with Gasteiger partial charge in [-0.1, -0.05) is 12.1 Å². The van der Waals surface area contributed by atoms with Gasteiger partial charge in [-0.15, -0.1) is 0 Å². The number of nitrogens with zero attached hydrogens (tertiary/aromatic N) is 5. The lowest BCUT2D eigenvalue weighted by Gasteiger charge is -2.39. The van der Waals surface area contributed by atoms with Crippen LogP contribution in [0.2, 0.25) is 0 Å². The van der Waals surface area contributed by atoms with E-state index in [4.69, 9.17) is 10.5 Å². The van der Waals surface area contributed by atoms with E-state index >= 15 is 0 Å². The predicted octanol–water partition coefficient (Wildman–Crippen LogP) is 4.64. The van der Waals surface area contributed by atoms with Crippen molar-refractivity contribution in [3.8, 4) is 5.75 Å². The van der Waals surface area contributed by atoms with Crippen LogP contribution in [0.4, 0.5) is 10.2 Å². The van der Waals surface area contributed by atoms with Gasteiger partial charge in [-0.2, -0.15) is 0 Å². The smallest absolute Gasteiger partial charge is 0.329 e. The summed E-state index contributed by atoms with van der Waals surface area (Å²) in [6.45, 7) is 5.89. The van der Waals surface area contributed by atoms with Crippen molar-refractivity contribution in [1.29, 1.82) is 0 Å². The standard InChI is InChI=1S/C33H39FN6O3/c1-23(25-10-15-36-31(35)22-25)37-16-11-24(12-17-37)32(41)38-18-13-27(14-19-38)40-30-5-3-2-4-29(30)39(33(40)42)20-21-43-28-8-6-26(34)7-9-28/h2-10,15,22-24,27H,11-14,16-21H2,1H3,(H2,35,36). The van der Waals surface area contributed by atoms with E-state index in [1.54, 1.807) is 22.9 Å². The van der Waals surface area contributed by atoms with Gasteiger partial charge in [0.25, 0.3) is 0 Å². The fraction of sp³-hybridized carbons (Fsp3) is 0.424. The first kappa shape index (κ1) is 28.9. The molecule has 10 heteroatoms. The van der Waals surface area contributed by atoms with E-state index in [0.717, 1.165) is 55.4 Å². The Hall–Kier alpha value is -4.18. The second kappa shape index (κ2) is 12.6. The molecule has 2 fully saturated rings. The van der Waals surface area contributed by atoms with E-state index in [1.807, 2.05) is 45.9 Å². The fourth-order valence-electron chi connectivity index (χ4n) is 6.66. The Kier molecular flexibility index (Phi) is 8.47. The second-order valence-corrected chi connectivity index (χ2v) is 11.7. The highest BCUT2D eigenvalue weighted by atomic mass is 19.1. The van der Waals surface area contributed by atoms with E-state index < -0.39 is 0 Å². The van der Waals surface area contributed by atoms with Gasteiger partial charge in [0.05, 0.1) is 17.6 Å². The molecule has 226 valence electrons. The molecular formula is C33H39FN6O3. The molecule has 2 aliphatic heterocycles. The number of piperidine rings is 2. The van der Waals surface area contributed by atoms with Crippen LogP contribution in [-0.4, -0.2) is 62.6 Å². The number of para-hydroxylation sites is 2. The third-order valence-electron chi connectivity index (χ3n) is 9.12. The number of amides is 1. The molecule has 0 saturated carbocycles. The van der Waals surface area contributed by atoms with Gasteiger partial charge < -0.3 is 15.4 Å². The fourth-order valence-corrected chi connectivity index (χ4v) is 6.66. The Labute approximate surface area is 250 Å². The van der Waals surface area contributed by atoms with Gasteiger partial charge in [0, 0.05) is 37.3 Å². The number of hydrogen-bond donors (Lipinski definition) is 1. The normalized spacial score (nSPS) is 17.8. The maximum Gasteiger partial charge on any atom is 0.329 e. The minimum Gasteiger partial charge on any atom is -0.492 e. The maximum absolute atomic E-state index is 13.7. The number of fused-ring (bicyclic) bond motifs is 1. The summed E-state index contributed by atoms with van der Waals surface area (Å²) < 4.78 is 22.7. The number of likely N-dealkylation sites (tertiary alicyclic amines) is 2. The lowest BCUT2D eigenvalue weighted by atomic mass is 9.92. The molecular weight excluding hydrogens is 547 g/mol. The highest BCUT2D eigenvalue weighted by Gasteiger charge is 2.33. The summed E-state index contributed by atoms with van der Waals surface area (Å²) in [6.07, 6.45) is 4.92. The lowest BCUT2D eigenvalue weighted by Crippen LogP contribution is -2.46. The number of aromatic nitrogens is 3. The van der Waals surface area contributed by atoms with E-state index in [9.17, 15) is 14.0 Å². The van der Waals surface area contributed by atoms with E-state index in [0.29, 0.717) is 37.8 Å². The number of benzene rings is 2. The van der Waals surface area contributed by atoms with Crippen molar-refractivity contribution in [2.75, 3.05) is 38.5 Å². The highest BCUT2D eigenvalue weighted by Crippen LogP contribution is 2.31. The van der Waals surface area contributed by atoms with Crippen LogP contribution in [0.15, 0.2) is 71.7 Å². The molecule has 4 heterocycles. The van der Waals surface area contributed by atoms with Crippen molar-refractivity contribution in [2.24, 2.45) is 5.92 Å². The Balaban J connectivity index is 1.06. The van der Waals surface area contributed by atoms with E-state index in [-0.39, 0.29) is 35.4 Å². The number of ether oxygens (including phenoxy) is 1. The number of halogens is 1. The van der Waals surface area contributed by atoms with Crippen molar-refractivity contribution in [3.05, 3.63) is 88.7 Å². The second-order valence-electron chi connectivity index (χ2n) is 11.7. The first-order valence-electron chi connectivity index (χ1n) is 15.2. The van der Waals surface area contributed by atoms with Gasteiger partial charge in [0.1, 0.15) is 24.0 Å². The van der Waals surface area contributed by atoms with Crippen LogP contribution in [0.3, 0.4) is 0 Å². The summed E-state index contributed by atoms with van der Waals surface area (Å²) in [5.41, 5.74) is 8.73. The van der Waals surface area contributed by atoms with Crippen LogP contribution in [-0.2, 0) is 11.3 Å². The monoisotopic (exact) mass is 586 g/mol. The zero-order valence-electron chi connectivity index (χ0n) is 24.6. The summed E-state index contributed by atoms with van der Waals surface area (Å²) in [5, 5.41) is 0. The maximum atomic E-state index is 13.7. The van der Waals surface area contributed by atoms with Crippen LogP contribution in [0, 0.1) is 11.7 Å². The first-order chi connectivity index (χ1) is 20.9. The number of imidazole rings is 1. The molecule has 2 aliphatic rings. The Morgan fingerprint density at radius 3 is 2.40 bits per heavy atom. The lowest BCUT2D eigenvalue weighted by molar-refractivity contribution is -0.138. The molecule has 0 radical (unpaired) electrons. The Morgan fingerprint density at radius 1 is 1.00 bits per heavy atom. The number of nitrogen functional groups attached to an aromatic ring is 1. The zero-order chi connectivity index (χ0) is 29.9. The van der Waals surface area contributed by atoms with Crippen LogP contribution >= 0.6 is 0 Å². The molecule has 9 nitrogen and oxygen atoms in total. The molecule has 4 aromatic rings. The van der Waals surface area contributed by atoms with Crippen molar-refractivity contribution in [2.45, 2.75) is 51.2 Å². The third-order valence-corrected chi connectivity index (χ3v) is 9.12. The molecule has 2 aromatic carbocycles. The Bertz CT molecular complexity index is 1620. The topological polar surface area (TPSA) is 98.6 Å². The number of nitrogens with two attached hydrogens (primary N) is 1. The molecule has 0 bridgehead atoms. The van der Waals surface area contributed by atoms with Crippen molar-refractivity contribution in [1.82, 2.24) is 23.9 Å². The number of pyridine rings is 1. The molecule has 2 aromatic heterocycles. The number of anilines is 1. The largest absolute Gasteiger partial charge is 0.492 e. The minimum absolute atomic E-state index is 0.0243. The summed E-state index contributed by atoms with van der Waals surface area (Å²) in [6, 6.07) is 17.9. The predicted molar refractivity (Wildman–Crippen MR) is 164 cm³/mol. The number of carbonyl (C=O) groups is 1. The van der Waals surface area contributed by atoms with Crippen molar-refractivity contribution >= 4 is 22.8 Å². The van der Waals surface area contributed by atoms with E-state index in [1.165, 1.54) is 12.1 Å². The average Bonchev–Trinajstić information content (AvgIpc) is 3.32. The van der Waals surface area contributed by atoms with Crippen LogP contribution in [0.5, 0.6) is 5.75 Å². The molecule has 1 unspecified atom stereocenters. The molecule has 2 saturated heterocycles. The average molecular weight is 587 g/mol. The Morgan fingerprint density at radius 2 is 1.70 bits per heavy atom. The molecule has 0 aliphatic carbocycles. The first-order valence-corrected chi connectivity index (χ1v) is 15.2. The minimum atomic E-state index is -0.317. The van der Waals surface area contributed by atoms with Crippen LogP contribution in [0.25, 0.3) is 11.0 Å². The van der Waals surface area contributed by atoms with Crippen molar-refractivity contribution < 1.29 is 13.9 Å². The zero-order valence-corrected chi connectivity index (χ0v) is 24.6. The van der Waals surface area contributed by atoms with Crippen LogP contribution in [0.1, 0.15) is 50.3 Å². The quantitative estimate of drug-likeness (QED) is 0.323. The molecule has 6 rings (SSSR count). The SMILES string of the molecule is CC(c1ccnc(N)c1)N1CCC(C(=O)N2CCC(n3c(=O)n(CCOc4ccc(F)cc4)c4ccccc43)CC2)CC1. The number of hydrogen-bond acceptors (Lipinski definition) is 6. The van der Waals surface area contributed by atoms with Crippen LogP contribution < -0.4 is 16.2 Å². The van der Waals surface area contributed by atoms with Gasteiger partial charge in [0.2, 0.25) is 5.91 Å². The number of carbonyl (C=O) groups excluding carboxylic acids is 1. The number of rotatable bonds is 8. The summed E-state index contributed by atoms with van der Waals surface area (Å²) in [7, 11) is 0.